The Hall–Kier alpha value is -2.12. The Kier molecular flexibility index (Phi) is 4.39. The second kappa shape index (κ2) is 5.94. The van der Waals surface area contributed by atoms with Gasteiger partial charge in [-0.15, -0.1) is 0 Å². The maximum Gasteiger partial charge on any atom is 0.270 e. The van der Waals surface area contributed by atoms with E-state index in [-0.39, 0.29) is 10.6 Å². The van der Waals surface area contributed by atoms with Crippen molar-refractivity contribution >= 4 is 33.0 Å². The number of sulfonamides is 1. The number of hydrogen-bond donors (Lipinski definition) is 0. The number of rotatable bonds is 4. The molecule has 2 rings (SSSR count). The molecular weight excluding hydrogens is 328 g/mol. The molecule has 116 valence electrons. The molecule has 0 heterocycles. The molecule has 2 aromatic rings. The first-order chi connectivity index (χ1) is 10.2. The fraction of sp³-hybridized carbons (Fsp3) is 0.143. The monoisotopic (exact) mass is 340 g/mol. The highest BCUT2D eigenvalue weighted by atomic mass is 35.5. The maximum absolute atomic E-state index is 12.7. The van der Waals surface area contributed by atoms with E-state index in [1.807, 2.05) is 0 Å². The molecule has 0 saturated heterocycles. The van der Waals surface area contributed by atoms with Crippen molar-refractivity contribution in [1.29, 1.82) is 0 Å². The van der Waals surface area contributed by atoms with Gasteiger partial charge in [-0.25, -0.2) is 8.42 Å². The van der Waals surface area contributed by atoms with Crippen LogP contribution in [0.15, 0.2) is 47.4 Å². The summed E-state index contributed by atoms with van der Waals surface area (Å²) in [4.78, 5) is 10.1. The average Bonchev–Trinajstić information content (AvgIpc) is 2.46. The fourth-order valence-electron chi connectivity index (χ4n) is 1.94. The summed E-state index contributed by atoms with van der Waals surface area (Å²) in [5.41, 5.74) is 0.529. The number of anilines is 1. The summed E-state index contributed by atoms with van der Waals surface area (Å²) in [6.45, 7) is 1.59. The van der Waals surface area contributed by atoms with E-state index in [0.29, 0.717) is 16.3 Å². The standard InChI is InChI=1S/C14H13ClN2O4S/c1-10-6-7-13(17(18)19)9-14(10)22(20,21)16(2)12-5-3-4-11(15)8-12/h3-9H,1-2H3. The smallest absolute Gasteiger partial charge is 0.269 e. The zero-order valence-electron chi connectivity index (χ0n) is 11.9. The van der Waals surface area contributed by atoms with Crippen LogP contribution in [0.1, 0.15) is 5.56 Å². The average molecular weight is 341 g/mol. The SMILES string of the molecule is Cc1ccc([N+](=O)[O-])cc1S(=O)(=O)N(C)c1cccc(Cl)c1. The van der Waals surface area contributed by atoms with Crippen LogP contribution in [-0.2, 0) is 10.0 Å². The molecule has 0 amide bonds. The van der Waals surface area contributed by atoms with Gasteiger partial charge in [0, 0.05) is 24.2 Å². The summed E-state index contributed by atoms with van der Waals surface area (Å²) in [7, 11) is -2.55. The molecule has 0 bridgehead atoms. The predicted octanol–water partition coefficient (Wildman–Crippen LogP) is 3.38. The number of nitrogens with zero attached hydrogens (tertiary/aromatic N) is 2. The van der Waals surface area contributed by atoms with Crippen LogP contribution in [-0.4, -0.2) is 20.4 Å². The minimum Gasteiger partial charge on any atom is -0.269 e. The lowest BCUT2D eigenvalue weighted by Gasteiger charge is -2.20. The van der Waals surface area contributed by atoms with E-state index in [4.69, 9.17) is 11.6 Å². The number of nitro benzene ring substituents is 1. The van der Waals surface area contributed by atoms with Gasteiger partial charge in [0.15, 0.2) is 0 Å². The van der Waals surface area contributed by atoms with E-state index >= 15 is 0 Å². The molecular formula is C14H13ClN2O4S. The van der Waals surface area contributed by atoms with Crippen molar-refractivity contribution in [3.05, 3.63) is 63.2 Å². The molecule has 0 N–H and O–H groups in total. The zero-order valence-corrected chi connectivity index (χ0v) is 13.4. The molecule has 0 aliphatic heterocycles. The zero-order chi connectivity index (χ0) is 16.5. The number of non-ortho nitro benzene ring substituents is 1. The summed E-state index contributed by atoms with van der Waals surface area (Å²) in [5.74, 6) is 0. The van der Waals surface area contributed by atoms with Crippen LogP contribution in [0.25, 0.3) is 0 Å². The van der Waals surface area contributed by atoms with E-state index in [1.54, 1.807) is 25.1 Å². The second-order valence-electron chi connectivity index (χ2n) is 4.66. The van der Waals surface area contributed by atoms with Crippen LogP contribution in [0.5, 0.6) is 0 Å². The predicted molar refractivity (Wildman–Crippen MR) is 84.9 cm³/mol. The van der Waals surface area contributed by atoms with Gasteiger partial charge in [0.1, 0.15) is 0 Å². The van der Waals surface area contributed by atoms with Gasteiger partial charge < -0.3 is 0 Å². The molecule has 0 saturated carbocycles. The Balaban J connectivity index is 2.55. The molecule has 0 aliphatic rings. The molecule has 0 spiro atoms. The number of aryl methyl sites for hydroxylation is 1. The molecule has 0 atom stereocenters. The fourth-order valence-corrected chi connectivity index (χ4v) is 3.55. The van der Waals surface area contributed by atoms with E-state index in [9.17, 15) is 18.5 Å². The molecule has 0 aromatic heterocycles. The van der Waals surface area contributed by atoms with Crippen LogP contribution >= 0.6 is 11.6 Å². The lowest BCUT2D eigenvalue weighted by atomic mass is 10.2. The van der Waals surface area contributed by atoms with Gasteiger partial charge >= 0.3 is 0 Å². The van der Waals surface area contributed by atoms with Crippen molar-refractivity contribution in [3.63, 3.8) is 0 Å². The van der Waals surface area contributed by atoms with Crippen LogP contribution in [0.2, 0.25) is 5.02 Å². The number of hydrogen-bond acceptors (Lipinski definition) is 4. The first-order valence-corrected chi connectivity index (χ1v) is 8.05. The highest BCUT2D eigenvalue weighted by Gasteiger charge is 2.25. The normalized spacial score (nSPS) is 11.2. The molecule has 22 heavy (non-hydrogen) atoms. The Morgan fingerprint density at radius 1 is 1.18 bits per heavy atom. The summed E-state index contributed by atoms with van der Waals surface area (Å²) >= 11 is 5.87. The Morgan fingerprint density at radius 3 is 2.45 bits per heavy atom. The van der Waals surface area contributed by atoms with Crippen molar-refractivity contribution in [2.45, 2.75) is 11.8 Å². The lowest BCUT2D eigenvalue weighted by Crippen LogP contribution is -2.27. The quantitative estimate of drug-likeness (QED) is 0.631. The van der Waals surface area contributed by atoms with E-state index < -0.39 is 14.9 Å². The van der Waals surface area contributed by atoms with Crippen molar-refractivity contribution in [2.24, 2.45) is 0 Å². The molecule has 0 aliphatic carbocycles. The summed E-state index contributed by atoms with van der Waals surface area (Å²) in [6, 6.07) is 10.1. The first-order valence-electron chi connectivity index (χ1n) is 6.23. The third-order valence-electron chi connectivity index (χ3n) is 3.19. The third kappa shape index (κ3) is 3.05. The van der Waals surface area contributed by atoms with Gasteiger partial charge in [-0.3, -0.25) is 14.4 Å². The van der Waals surface area contributed by atoms with E-state index in [2.05, 4.69) is 0 Å². The van der Waals surface area contributed by atoms with E-state index in [0.717, 1.165) is 10.4 Å². The number of benzene rings is 2. The summed E-state index contributed by atoms with van der Waals surface area (Å²) in [5, 5.41) is 11.3. The molecule has 0 radical (unpaired) electrons. The second-order valence-corrected chi connectivity index (χ2v) is 7.03. The van der Waals surface area contributed by atoms with Crippen molar-refractivity contribution in [2.75, 3.05) is 11.4 Å². The van der Waals surface area contributed by atoms with Gasteiger partial charge in [-0.1, -0.05) is 23.7 Å². The number of halogens is 1. The van der Waals surface area contributed by atoms with Gasteiger partial charge in [0.25, 0.3) is 15.7 Å². The molecule has 6 nitrogen and oxygen atoms in total. The van der Waals surface area contributed by atoms with Crippen LogP contribution < -0.4 is 4.31 Å². The minimum absolute atomic E-state index is 0.107. The van der Waals surface area contributed by atoms with Gasteiger partial charge in [-0.2, -0.15) is 0 Å². The van der Waals surface area contributed by atoms with E-state index in [1.165, 1.54) is 25.2 Å². The van der Waals surface area contributed by atoms with Gasteiger partial charge in [0.2, 0.25) is 0 Å². The largest absolute Gasteiger partial charge is 0.270 e. The van der Waals surface area contributed by atoms with Crippen LogP contribution in [0.3, 0.4) is 0 Å². The summed E-state index contributed by atoms with van der Waals surface area (Å²) < 4.78 is 26.4. The van der Waals surface area contributed by atoms with Gasteiger partial charge in [0.05, 0.1) is 15.5 Å². The molecule has 0 fully saturated rings. The summed E-state index contributed by atoms with van der Waals surface area (Å²) in [6.07, 6.45) is 0. The van der Waals surface area contributed by atoms with Crippen molar-refractivity contribution in [1.82, 2.24) is 0 Å². The maximum atomic E-state index is 12.7. The molecule has 2 aromatic carbocycles. The Bertz CT molecular complexity index is 836. The Labute approximate surface area is 133 Å². The molecule has 8 heteroatoms. The first kappa shape index (κ1) is 16.3. The van der Waals surface area contributed by atoms with Crippen LogP contribution in [0.4, 0.5) is 11.4 Å². The Morgan fingerprint density at radius 2 is 1.86 bits per heavy atom. The highest BCUT2D eigenvalue weighted by molar-refractivity contribution is 7.92. The molecule has 0 unspecified atom stereocenters. The highest BCUT2D eigenvalue weighted by Crippen LogP contribution is 2.28. The van der Waals surface area contributed by atoms with Crippen molar-refractivity contribution < 1.29 is 13.3 Å². The van der Waals surface area contributed by atoms with Crippen LogP contribution in [0, 0.1) is 17.0 Å². The topological polar surface area (TPSA) is 80.5 Å². The van der Waals surface area contributed by atoms with Crippen molar-refractivity contribution in [3.8, 4) is 0 Å². The van der Waals surface area contributed by atoms with Gasteiger partial charge in [-0.05, 0) is 30.7 Å². The minimum atomic E-state index is -3.93. The lowest BCUT2D eigenvalue weighted by molar-refractivity contribution is -0.385. The number of nitro groups is 1. The third-order valence-corrected chi connectivity index (χ3v) is 5.36.